The van der Waals surface area contributed by atoms with E-state index in [9.17, 15) is 4.79 Å². The Bertz CT molecular complexity index is 1240. The molecule has 11 heteroatoms. The first-order valence-electron chi connectivity index (χ1n) is 12.8. The van der Waals surface area contributed by atoms with Crippen molar-refractivity contribution in [2.45, 2.75) is 33.0 Å². The van der Waals surface area contributed by atoms with Crippen LogP contribution in [0, 0.1) is 13.8 Å². The lowest BCUT2D eigenvalue weighted by molar-refractivity contribution is -0.122. The fraction of sp³-hybridized carbons (Fsp3) is 0.500. The number of anilines is 3. The Morgan fingerprint density at radius 3 is 2.41 bits per heavy atom. The van der Waals surface area contributed by atoms with Crippen LogP contribution in [-0.4, -0.2) is 94.7 Å². The van der Waals surface area contributed by atoms with Crippen molar-refractivity contribution in [2.24, 2.45) is 0 Å². The van der Waals surface area contributed by atoms with Gasteiger partial charge in [-0.05, 0) is 39.0 Å². The normalized spacial score (nSPS) is 19.1. The first-order chi connectivity index (χ1) is 17.9. The number of hydrogen-bond donors (Lipinski definition) is 2. The van der Waals surface area contributed by atoms with Crippen molar-refractivity contribution in [1.29, 1.82) is 0 Å². The Kier molecular flexibility index (Phi) is 7.45. The molecule has 11 nitrogen and oxygen atoms in total. The van der Waals surface area contributed by atoms with Gasteiger partial charge in [0.05, 0.1) is 24.8 Å². The molecule has 0 spiro atoms. The van der Waals surface area contributed by atoms with Gasteiger partial charge in [-0.1, -0.05) is 11.6 Å². The Morgan fingerprint density at radius 2 is 1.70 bits per heavy atom. The summed E-state index contributed by atoms with van der Waals surface area (Å²) in [6.07, 6.45) is 0.855. The minimum Gasteiger partial charge on any atom is -0.379 e. The topological polar surface area (TPSA) is 126 Å². The average molecular weight is 506 g/mol. The van der Waals surface area contributed by atoms with Crippen molar-refractivity contribution in [3.8, 4) is 0 Å². The number of aldehydes is 1. The van der Waals surface area contributed by atoms with E-state index in [-0.39, 0.29) is 18.2 Å². The number of aromatic nitrogens is 4. The quantitative estimate of drug-likeness (QED) is 0.456. The number of aryl methyl sites for hydroxylation is 2. The third-order valence-electron chi connectivity index (χ3n) is 7.08. The molecule has 196 valence electrons. The van der Waals surface area contributed by atoms with E-state index >= 15 is 0 Å². The van der Waals surface area contributed by atoms with Gasteiger partial charge in [0.15, 0.2) is 6.29 Å². The molecule has 3 N–H and O–H groups in total. The highest BCUT2D eigenvalue weighted by atomic mass is 16.5. The van der Waals surface area contributed by atoms with Crippen molar-refractivity contribution in [2.75, 3.05) is 68.4 Å². The smallest absolute Gasteiger partial charge is 0.228 e. The van der Waals surface area contributed by atoms with Crippen LogP contribution in [0.25, 0.3) is 10.9 Å². The molecular weight excluding hydrogens is 470 g/mol. The summed E-state index contributed by atoms with van der Waals surface area (Å²) >= 11 is 0. The molecule has 37 heavy (non-hydrogen) atoms. The molecule has 2 aliphatic heterocycles. The maximum Gasteiger partial charge on any atom is 0.228 e. The Labute approximate surface area is 217 Å². The molecule has 2 aromatic heterocycles. The number of nitrogens with two attached hydrogens (primary N) is 1. The largest absolute Gasteiger partial charge is 0.379 e. The van der Waals surface area contributed by atoms with Crippen LogP contribution in [0.15, 0.2) is 24.3 Å². The molecule has 1 aromatic carbocycles. The van der Waals surface area contributed by atoms with E-state index in [0.717, 1.165) is 67.8 Å². The summed E-state index contributed by atoms with van der Waals surface area (Å²) in [5, 5.41) is 4.48. The van der Waals surface area contributed by atoms with E-state index in [2.05, 4.69) is 73.1 Å². The fourth-order valence-electron chi connectivity index (χ4n) is 5.16. The van der Waals surface area contributed by atoms with Gasteiger partial charge in [0.1, 0.15) is 17.8 Å². The maximum absolute atomic E-state index is 12.0. The second-order valence-electron chi connectivity index (χ2n) is 9.75. The number of rotatable bonds is 7. The fourth-order valence-corrected chi connectivity index (χ4v) is 5.16. The molecule has 4 heterocycles. The van der Waals surface area contributed by atoms with Crippen LogP contribution in [0.1, 0.15) is 29.9 Å². The number of carbonyl (C=O) groups is 1. The zero-order valence-electron chi connectivity index (χ0n) is 21.7. The summed E-state index contributed by atoms with van der Waals surface area (Å²) in [5.74, 6) is 2.13. The molecule has 1 unspecified atom stereocenters. The number of ether oxygens (including phenoxy) is 1. The summed E-state index contributed by atoms with van der Waals surface area (Å²) in [6.45, 7) is 12.0. The lowest BCUT2D eigenvalue weighted by atomic mass is 10.0. The third-order valence-corrected chi connectivity index (χ3v) is 7.08. The number of piperazine rings is 1. The predicted molar refractivity (Wildman–Crippen MR) is 144 cm³/mol. The van der Waals surface area contributed by atoms with Crippen LogP contribution < -0.4 is 16.0 Å². The Balaban J connectivity index is 1.40. The van der Waals surface area contributed by atoms with Gasteiger partial charge in [-0.2, -0.15) is 15.0 Å². The van der Waals surface area contributed by atoms with Crippen LogP contribution in [0.5, 0.6) is 0 Å². The van der Waals surface area contributed by atoms with E-state index < -0.39 is 0 Å². The lowest BCUT2D eigenvalue weighted by Gasteiger charge is -2.43. The molecule has 2 aliphatic rings. The first-order valence-corrected chi connectivity index (χ1v) is 12.8. The minimum atomic E-state index is -0.212. The highest BCUT2D eigenvalue weighted by Crippen LogP contribution is 2.31. The summed E-state index contributed by atoms with van der Waals surface area (Å²) in [6, 6.07) is 8.40. The molecule has 0 radical (unpaired) electrons. The van der Waals surface area contributed by atoms with Gasteiger partial charge in [0.25, 0.3) is 0 Å². The molecule has 2 fully saturated rings. The van der Waals surface area contributed by atoms with Gasteiger partial charge in [0.2, 0.25) is 11.9 Å². The van der Waals surface area contributed by atoms with Gasteiger partial charge in [-0.15, -0.1) is 0 Å². The Hall–Kier alpha value is -3.41. The van der Waals surface area contributed by atoms with Crippen LogP contribution in [0.3, 0.4) is 0 Å². The molecular formula is C26H35N9O2. The number of nitrogens with one attached hydrogen (secondary N) is 1. The highest BCUT2D eigenvalue weighted by Gasteiger charge is 2.30. The number of fused-ring (bicyclic) bond motifs is 1. The molecule has 0 amide bonds. The van der Waals surface area contributed by atoms with Gasteiger partial charge >= 0.3 is 0 Å². The summed E-state index contributed by atoms with van der Waals surface area (Å²) in [5.41, 5.74) is 9.05. The molecule has 2 atom stereocenters. The summed E-state index contributed by atoms with van der Waals surface area (Å²) in [7, 11) is 0. The van der Waals surface area contributed by atoms with Gasteiger partial charge in [-0.25, -0.2) is 4.98 Å². The van der Waals surface area contributed by atoms with E-state index in [1.807, 2.05) is 0 Å². The van der Waals surface area contributed by atoms with Crippen LogP contribution >= 0.6 is 0 Å². The zero-order chi connectivity index (χ0) is 25.9. The van der Waals surface area contributed by atoms with Gasteiger partial charge in [-0.3, -0.25) is 9.80 Å². The van der Waals surface area contributed by atoms with Crippen molar-refractivity contribution >= 4 is 34.9 Å². The monoisotopic (exact) mass is 505 g/mol. The number of nitrogens with zero attached hydrogens (tertiary/aromatic N) is 7. The van der Waals surface area contributed by atoms with Crippen LogP contribution in [0.2, 0.25) is 0 Å². The standard InChI is InChI=1S/C26H35N9O2/c1-17-4-5-22-20(14-17)15-21(18(2)28-26-30-19(3)29-25(27)32-26)24(31-22)35-8-6-33(7-9-35)23(16-36)34-10-12-37-13-11-34/h4-5,14-16,18,23H,6-13H2,1-3H3,(H3,27,28,29,30,32)/t18?,23-/m0/s1. The van der Waals surface area contributed by atoms with Gasteiger partial charge in [0, 0.05) is 50.2 Å². The number of pyridine rings is 1. The zero-order valence-corrected chi connectivity index (χ0v) is 21.7. The number of hydrogen-bond acceptors (Lipinski definition) is 11. The lowest BCUT2D eigenvalue weighted by Crippen LogP contribution is -2.58. The van der Waals surface area contributed by atoms with Crippen molar-refractivity contribution in [3.63, 3.8) is 0 Å². The van der Waals surface area contributed by atoms with E-state index in [0.29, 0.717) is 25.0 Å². The van der Waals surface area contributed by atoms with E-state index in [1.165, 1.54) is 5.56 Å². The number of morpholine rings is 1. The van der Waals surface area contributed by atoms with Gasteiger partial charge < -0.3 is 25.5 Å². The molecule has 0 bridgehead atoms. The predicted octanol–water partition coefficient (Wildman–Crippen LogP) is 1.77. The van der Waals surface area contributed by atoms with Crippen LogP contribution in [0.4, 0.5) is 17.7 Å². The molecule has 0 saturated carbocycles. The minimum absolute atomic E-state index is 0.122. The van der Waals surface area contributed by atoms with E-state index in [1.54, 1.807) is 6.92 Å². The molecule has 2 saturated heterocycles. The highest BCUT2D eigenvalue weighted by molar-refractivity contribution is 5.83. The van der Waals surface area contributed by atoms with Crippen molar-refractivity contribution in [1.82, 2.24) is 29.7 Å². The third kappa shape index (κ3) is 5.63. The summed E-state index contributed by atoms with van der Waals surface area (Å²) < 4.78 is 5.47. The van der Waals surface area contributed by atoms with E-state index in [4.69, 9.17) is 15.5 Å². The summed E-state index contributed by atoms with van der Waals surface area (Å²) in [4.78, 5) is 36.6. The molecule has 0 aliphatic carbocycles. The Morgan fingerprint density at radius 1 is 0.973 bits per heavy atom. The maximum atomic E-state index is 12.0. The first kappa shape index (κ1) is 25.2. The number of benzene rings is 1. The van der Waals surface area contributed by atoms with Crippen molar-refractivity contribution in [3.05, 3.63) is 41.2 Å². The molecule has 5 rings (SSSR count). The number of carbonyl (C=O) groups excluding carboxylic acids is 1. The average Bonchev–Trinajstić information content (AvgIpc) is 2.89. The SMILES string of the molecule is Cc1ccc2nc(N3CCN([C@H](C=O)N4CCOCC4)CC3)c(C(C)Nc3nc(C)nc(N)n3)cc2c1. The second-order valence-corrected chi connectivity index (χ2v) is 9.75. The van der Waals surface area contributed by atoms with Crippen LogP contribution in [-0.2, 0) is 9.53 Å². The second kappa shape index (κ2) is 10.9. The molecule has 3 aromatic rings. The van der Waals surface area contributed by atoms with Crippen molar-refractivity contribution < 1.29 is 9.53 Å². The number of nitrogen functional groups attached to an aromatic ring is 1.